The van der Waals surface area contributed by atoms with Crippen molar-refractivity contribution in [1.82, 2.24) is 5.48 Å². The molecule has 0 aromatic heterocycles. The second kappa shape index (κ2) is 5.77. The van der Waals surface area contributed by atoms with E-state index in [0.29, 0.717) is 0 Å². The summed E-state index contributed by atoms with van der Waals surface area (Å²) < 4.78 is 4.53. The van der Waals surface area contributed by atoms with Gasteiger partial charge in [0.15, 0.2) is 0 Å². The monoisotopic (exact) mass is 193 g/mol. The number of benzene rings is 1. The third-order valence-corrected chi connectivity index (χ3v) is 1.51. The lowest BCUT2D eigenvalue weighted by Crippen LogP contribution is -2.19. The first-order valence-electron chi connectivity index (χ1n) is 4.11. The molecule has 4 heteroatoms. The van der Waals surface area contributed by atoms with E-state index in [2.05, 4.69) is 4.74 Å². The maximum absolute atomic E-state index is 10.4. The number of rotatable bonds is 3. The van der Waals surface area contributed by atoms with E-state index in [-0.39, 0.29) is 6.61 Å². The van der Waals surface area contributed by atoms with Crippen LogP contribution in [0.15, 0.2) is 36.4 Å². The fourth-order valence-corrected chi connectivity index (χ4v) is 0.904. The van der Waals surface area contributed by atoms with Gasteiger partial charge >= 0.3 is 6.09 Å². The molecule has 0 heterocycles. The van der Waals surface area contributed by atoms with Gasteiger partial charge in [0.05, 0.1) is 0 Å². The first kappa shape index (κ1) is 10.3. The first-order chi connectivity index (χ1) is 6.83. The molecule has 14 heavy (non-hydrogen) atoms. The lowest BCUT2D eigenvalue weighted by molar-refractivity contribution is 0.0970. The van der Waals surface area contributed by atoms with Crippen molar-refractivity contribution >= 4 is 12.2 Å². The van der Waals surface area contributed by atoms with Crippen molar-refractivity contribution in [3.8, 4) is 0 Å². The Hall–Kier alpha value is -1.81. The summed E-state index contributed by atoms with van der Waals surface area (Å²) in [4.78, 5) is 10.4. The highest BCUT2D eigenvalue weighted by Gasteiger charge is 1.93. The molecule has 0 aliphatic carbocycles. The second-order valence-corrected chi connectivity index (χ2v) is 2.52. The fourth-order valence-electron chi connectivity index (χ4n) is 0.904. The van der Waals surface area contributed by atoms with E-state index in [4.69, 9.17) is 5.21 Å². The van der Waals surface area contributed by atoms with Crippen molar-refractivity contribution in [1.29, 1.82) is 0 Å². The molecule has 1 aromatic carbocycles. The number of carbonyl (C=O) groups excluding carboxylic acids is 1. The number of hydrogen-bond donors (Lipinski definition) is 2. The Bertz CT molecular complexity index is 308. The molecule has 0 fully saturated rings. The Labute approximate surface area is 81.8 Å². The van der Waals surface area contributed by atoms with Crippen molar-refractivity contribution in [3.63, 3.8) is 0 Å². The van der Waals surface area contributed by atoms with Crippen LogP contribution >= 0.6 is 0 Å². The van der Waals surface area contributed by atoms with E-state index < -0.39 is 6.09 Å². The third-order valence-electron chi connectivity index (χ3n) is 1.51. The Morgan fingerprint density at radius 2 is 2.14 bits per heavy atom. The van der Waals surface area contributed by atoms with Crippen LogP contribution in [-0.4, -0.2) is 17.9 Å². The van der Waals surface area contributed by atoms with Gasteiger partial charge in [-0.25, -0.2) is 10.3 Å². The quantitative estimate of drug-likeness (QED) is 0.568. The van der Waals surface area contributed by atoms with Crippen LogP contribution in [0.2, 0.25) is 0 Å². The maximum atomic E-state index is 10.4. The molecule has 0 unspecified atom stereocenters. The van der Waals surface area contributed by atoms with Gasteiger partial charge in [-0.15, -0.1) is 0 Å². The molecular weight excluding hydrogens is 182 g/mol. The van der Waals surface area contributed by atoms with E-state index in [1.807, 2.05) is 36.4 Å². The van der Waals surface area contributed by atoms with Gasteiger partial charge in [-0.05, 0) is 11.6 Å². The minimum Gasteiger partial charge on any atom is -0.444 e. The van der Waals surface area contributed by atoms with Crippen LogP contribution in [-0.2, 0) is 4.74 Å². The molecule has 0 atom stereocenters. The van der Waals surface area contributed by atoms with E-state index in [9.17, 15) is 4.79 Å². The molecule has 0 aliphatic rings. The standard InChI is InChI=1S/C10H11NO3/c12-10(11-13)14-8-4-7-9-5-2-1-3-6-9/h1-7,13H,8H2,(H,11,12)/b7-4+. The van der Waals surface area contributed by atoms with Crippen LogP contribution in [0.3, 0.4) is 0 Å². The summed E-state index contributed by atoms with van der Waals surface area (Å²) in [6, 6.07) is 9.63. The summed E-state index contributed by atoms with van der Waals surface area (Å²) in [5.41, 5.74) is 2.40. The van der Waals surface area contributed by atoms with Gasteiger partial charge in [-0.3, -0.25) is 5.21 Å². The van der Waals surface area contributed by atoms with Crippen LogP contribution in [0.1, 0.15) is 5.56 Å². The van der Waals surface area contributed by atoms with Gasteiger partial charge in [0.1, 0.15) is 6.61 Å². The van der Waals surface area contributed by atoms with E-state index in [0.717, 1.165) is 5.56 Å². The number of nitrogens with one attached hydrogen (secondary N) is 1. The smallest absolute Gasteiger partial charge is 0.431 e. The summed E-state index contributed by atoms with van der Waals surface area (Å²) in [5, 5.41) is 8.10. The van der Waals surface area contributed by atoms with Crippen molar-refractivity contribution in [3.05, 3.63) is 42.0 Å². The van der Waals surface area contributed by atoms with E-state index in [1.165, 1.54) is 5.48 Å². The normalized spacial score (nSPS) is 10.1. The summed E-state index contributed by atoms with van der Waals surface area (Å²) in [6.45, 7) is 0.126. The van der Waals surface area contributed by atoms with E-state index >= 15 is 0 Å². The van der Waals surface area contributed by atoms with Gasteiger partial charge in [-0.1, -0.05) is 36.4 Å². The average molecular weight is 193 g/mol. The molecular formula is C10H11NO3. The lowest BCUT2D eigenvalue weighted by atomic mass is 10.2. The number of hydrogen-bond acceptors (Lipinski definition) is 3. The largest absolute Gasteiger partial charge is 0.444 e. The molecule has 0 bridgehead atoms. The summed E-state index contributed by atoms with van der Waals surface area (Å²) in [7, 11) is 0. The lowest BCUT2D eigenvalue weighted by Gasteiger charge is -1.97. The van der Waals surface area contributed by atoms with Crippen LogP contribution in [0.4, 0.5) is 4.79 Å². The molecule has 0 aliphatic heterocycles. The Balaban J connectivity index is 2.31. The average Bonchev–Trinajstić information content (AvgIpc) is 2.25. The molecule has 1 rings (SSSR count). The molecule has 1 aromatic rings. The minimum absolute atomic E-state index is 0.126. The SMILES string of the molecule is O=C(NO)OC/C=C/c1ccccc1. The van der Waals surface area contributed by atoms with Crippen LogP contribution in [0.25, 0.3) is 6.08 Å². The predicted octanol–water partition coefficient (Wildman–Crippen LogP) is 1.82. The topological polar surface area (TPSA) is 58.6 Å². The highest BCUT2D eigenvalue weighted by Crippen LogP contribution is 2.00. The Morgan fingerprint density at radius 1 is 1.43 bits per heavy atom. The summed E-state index contributed by atoms with van der Waals surface area (Å²) in [5.74, 6) is 0. The van der Waals surface area contributed by atoms with Crippen molar-refractivity contribution in [2.24, 2.45) is 0 Å². The van der Waals surface area contributed by atoms with Crippen molar-refractivity contribution in [2.45, 2.75) is 0 Å². The molecule has 4 nitrogen and oxygen atoms in total. The van der Waals surface area contributed by atoms with Crippen LogP contribution in [0, 0.1) is 0 Å². The summed E-state index contributed by atoms with van der Waals surface area (Å²) in [6.07, 6.45) is 2.65. The molecule has 74 valence electrons. The Kier molecular flexibility index (Phi) is 4.23. The molecule has 0 saturated heterocycles. The number of hydroxylamine groups is 1. The fraction of sp³-hybridized carbons (Fsp3) is 0.100. The molecule has 0 saturated carbocycles. The van der Waals surface area contributed by atoms with Gasteiger partial charge in [0.2, 0.25) is 0 Å². The predicted molar refractivity (Wildman–Crippen MR) is 51.7 cm³/mol. The van der Waals surface area contributed by atoms with Gasteiger partial charge < -0.3 is 4.74 Å². The third kappa shape index (κ3) is 3.73. The Morgan fingerprint density at radius 3 is 2.79 bits per heavy atom. The zero-order valence-electron chi connectivity index (χ0n) is 7.51. The zero-order valence-corrected chi connectivity index (χ0v) is 7.51. The van der Waals surface area contributed by atoms with Gasteiger partial charge in [0, 0.05) is 0 Å². The first-order valence-corrected chi connectivity index (χ1v) is 4.11. The minimum atomic E-state index is -0.859. The van der Waals surface area contributed by atoms with E-state index in [1.54, 1.807) is 6.08 Å². The highest BCUT2D eigenvalue weighted by molar-refractivity contribution is 5.65. The van der Waals surface area contributed by atoms with Crippen LogP contribution in [0.5, 0.6) is 0 Å². The number of ether oxygens (including phenoxy) is 1. The maximum Gasteiger partial charge on any atom is 0.431 e. The molecule has 0 spiro atoms. The molecule has 1 amide bonds. The zero-order chi connectivity index (χ0) is 10.2. The van der Waals surface area contributed by atoms with Crippen molar-refractivity contribution in [2.75, 3.05) is 6.61 Å². The second-order valence-electron chi connectivity index (χ2n) is 2.52. The highest BCUT2D eigenvalue weighted by atomic mass is 16.6. The molecule has 0 radical (unpaired) electrons. The van der Waals surface area contributed by atoms with Crippen LogP contribution < -0.4 is 5.48 Å². The number of carbonyl (C=O) groups is 1. The van der Waals surface area contributed by atoms with Gasteiger partial charge in [-0.2, -0.15) is 0 Å². The summed E-state index contributed by atoms with van der Waals surface area (Å²) >= 11 is 0. The number of amides is 1. The van der Waals surface area contributed by atoms with Gasteiger partial charge in [0.25, 0.3) is 0 Å². The van der Waals surface area contributed by atoms with Crippen molar-refractivity contribution < 1.29 is 14.7 Å². The molecule has 2 N–H and O–H groups in total.